The van der Waals surface area contributed by atoms with Gasteiger partial charge in [-0.05, 0) is 42.0 Å². The Morgan fingerprint density at radius 1 is 1.23 bits per heavy atom. The summed E-state index contributed by atoms with van der Waals surface area (Å²) in [4.78, 5) is 14.1. The van der Waals surface area contributed by atoms with E-state index in [0.29, 0.717) is 18.2 Å². The van der Waals surface area contributed by atoms with Crippen LogP contribution in [0.1, 0.15) is 31.4 Å². The average molecular weight is 306 g/mol. The van der Waals surface area contributed by atoms with E-state index < -0.39 is 0 Å². The molecule has 1 aliphatic heterocycles. The number of ether oxygens (including phenoxy) is 2. The summed E-state index contributed by atoms with van der Waals surface area (Å²) in [5, 5.41) is 3.00. The fourth-order valence-corrected chi connectivity index (χ4v) is 2.64. The smallest absolute Gasteiger partial charge is 0.317 e. The summed E-state index contributed by atoms with van der Waals surface area (Å²) in [7, 11) is 3.27. The summed E-state index contributed by atoms with van der Waals surface area (Å²) in [5.41, 5.74) is 2.35. The van der Waals surface area contributed by atoms with E-state index in [4.69, 9.17) is 9.47 Å². The SMILES string of the molecule is COc1cc2c(cc1OC)CN(C(=O)NCCC(C)C)CC2. The zero-order chi connectivity index (χ0) is 16.1. The van der Waals surface area contributed by atoms with Crippen LogP contribution in [0.2, 0.25) is 0 Å². The molecule has 5 nitrogen and oxygen atoms in total. The predicted molar refractivity (Wildman–Crippen MR) is 86.5 cm³/mol. The number of amides is 2. The molecule has 0 saturated heterocycles. The quantitative estimate of drug-likeness (QED) is 0.910. The molecule has 0 bridgehead atoms. The van der Waals surface area contributed by atoms with Crippen LogP contribution in [0.3, 0.4) is 0 Å². The highest BCUT2D eigenvalue weighted by atomic mass is 16.5. The molecule has 1 aliphatic rings. The standard InChI is InChI=1S/C17H26N2O3/c1-12(2)5-7-18-17(20)19-8-6-13-9-15(21-3)16(22-4)10-14(13)11-19/h9-10,12H,5-8,11H2,1-4H3,(H,18,20). The molecule has 1 N–H and O–H groups in total. The number of urea groups is 1. The van der Waals surface area contributed by atoms with Crippen molar-refractivity contribution < 1.29 is 14.3 Å². The highest BCUT2D eigenvalue weighted by molar-refractivity contribution is 5.74. The average Bonchev–Trinajstić information content (AvgIpc) is 2.52. The van der Waals surface area contributed by atoms with Gasteiger partial charge in [0.1, 0.15) is 0 Å². The zero-order valence-electron chi connectivity index (χ0n) is 13.9. The maximum Gasteiger partial charge on any atom is 0.317 e. The van der Waals surface area contributed by atoms with Crippen LogP contribution >= 0.6 is 0 Å². The number of rotatable bonds is 5. The topological polar surface area (TPSA) is 50.8 Å². The van der Waals surface area contributed by atoms with E-state index in [1.165, 1.54) is 5.56 Å². The van der Waals surface area contributed by atoms with Crippen molar-refractivity contribution in [3.63, 3.8) is 0 Å². The molecule has 1 heterocycles. The van der Waals surface area contributed by atoms with Gasteiger partial charge in [0, 0.05) is 19.6 Å². The summed E-state index contributed by atoms with van der Waals surface area (Å²) >= 11 is 0. The molecule has 0 radical (unpaired) electrons. The highest BCUT2D eigenvalue weighted by Crippen LogP contribution is 2.33. The van der Waals surface area contributed by atoms with Crippen molar-refractivity contribution in [1.29, 1.82) is 0 Å². The van der Waals surface area contributed by atoms with Crippen LogP contribution in [-0.2, 0) is 13.0 Å². The molecule has 0 aromatic heterocycles. The van der Waals surface area contributed by atoms with E-state index in [1.54, 1.807) is 14.2 Å². The highest BCUT2D eigenvalue weighted by Gasteiger charge is 2.22. The number of hydrogen-bond donors (Lipinski definition) is 1. The molecule has 1 aromatic carbocycles. The molecular weight excluding hydrogens is 280 g/mol. The third-order valence-corrected chi connectivity index (χ3v) is 4.00. The monoisotopic (exact) mass is 306 g/mol. The molecule has 0 unspecified atom stereocenters. The van der Waals surface area contributed by atoms with Crippen molar-refractivity contribution >= 4 is 6.03 Å². The normalized spacial score (nSPS) is 13.8. The van der Waals surface area contributed by atoms with Crippen LogP contribution in [0, 0.1) is 5.92 Å². The van der Waals surface area contributed by atoms with E-state index in [1.807, 2.05) is 17.0 Å². The Kier molecular flexibility index (Phi) is 5.52. The molecule has 2 rings (SSSR count). The molecule has 22 heavy (non-hydrogen) atoms. The number of benzene rings is 1. The molecule has 122 valence electrons. The Morgan fingerprint density at radius 3 is 2.45 bits per heavy atom. The van der Waals surface area contributed by atoms with Gasteiger partial charge in [0.2, 0.25) is 0 Å². The number of fused-ring (bicyclic) bond motifs is 1. The van der Waals surface area contributed by atoms with Crippen molar-refractivity contribution in [3.05, 3.63) is 23.3 Å². The Balaban J connectivity index is 2.03. The number of methoxy groups -OCH3 is 2. The minimum atomic E-state index is 0.0149. The van der Waals surface area contributed by atoms with Crippen molar-refractivity contribution in [2.45, 2.75) is 33.2 Å². The first-order valence-electron chi connectivity index (χ1n) is 7.81. The fraction of sp³-hybridized carbons (Fsp3) is 0.588. The lowest BCUT2D eigenvalue weighted by molar-refractivity contribution is 0.191. The van der Waals surface area contributed by atoms with Crippen LogP contribution in [0.25, 0.3) is 0 Å². The molecule has 0 atom stereocenters. The Bertz CT molecular complexity index is 529. The van der Waals surface area contributed by atoms with Gasteiger partial charge in [0.25, 0.3) is 0 Å². The van der Waals surface area contributed by atoms with Crippen molar-refractivity contribution in [1.82, 2.24) is 10.2 Å². The Hall–Kier alpha value is -1.91. The van der Waals surface area contributed by atoms with Crippen molar-refractivity contribution in [3.8, 4) is 11.5 Å². The lowest BCUT2D eigenvalue weighted by Gasteiger charge is -2.29. The molecule has 5 heteroatoms. The van der Waals surface area contributed by atoms with E-state index in [0.717, 1.165) is 37.2 Å². The van der Waals surface area contributed by atoms with Crippen LogP contribution in [-0.4, -0.2) is 38.2 Å². The molecule has 0 aliphatic carbocycles. The van der Waals surface area contributed by atoms with Gasteiger partial charge < -0.3 is 19.7 Å². The lowest BCUT2D eigenvalue weighted by Crippen LogP contribution is -2.43. The van der Waals surface area contributed by atoms with Crippen LogP contribution in [0.5, 0.6) is 11.5 Å². The summed E-state index contributed by atoms with van der Waals surface area (Å²) < 4.78 is 10.7. The second kappa shape index (κ2) is 7.38. The van der Waals surface area contributed by atoms with Crippen LogP contribution in [0.4, 0.5) is 4.79 Å². The first-order chi connectivity index (χ1) is 10.5. The van der Waals surface area contributed by atoms with Crippen LogP contribution in [0.15, 0.2) is 12.1 Å². The molecule has 0 saturated carbocycles. The largest absolute Gasteiger partial charge is 0.493 e. The van der Waals surface area contributed by atoms with Crippen LogP contribution < -0.4 is 14.8 Å². The fourth-order valence-electron chi connectivity index (χ4n) is 2.64. The van der Waals surface area contributed by atoms with E-state index in [2.05, 4.69) is 19.2 Å². The van der Waals surface area contributed by atoms with Gasteiger partial charge in [-0.2, -0.15) is 0 Å². The number of hydrogen-bond acceptors (Lipinski definition) is 3. The van der Waals surface area contributed by atoms with Crippen molar-refractivity contribution in [2.24, 2.45) is 5.92 Å². The van der Waals surface area contributed by atoms with Crippen molar-refractivity contribution in [2.75, 3.05) is 27.3 Å². The van der Waals surface area contributed by atoms with Gasteiger partial charge in [-0.3, -0.25) is 0 Å². The van der Waals surface area contributed by atoms with Gasteiger partial charge in [-0.25, -0.2) is 4.79 Å². The van der Waals surface area contributed by atoms with Gasteiger partial charge in [0.05, 0.1) is 14.2 Å². The minimum absolute atomic E-state index is 0.0149. The number of carbonyl (C=O) groups excluding carboxylic acids is 1. The summed E-state index contributed by atoms with van der Waals surface area (Å²) in [6.07, 6.45) is 1.84. The van der Waals surface area contributed by atoms with Gasteiger partial charge in [0.15, 0.2) is 11.5 Å². The molecule has 2 amide bonds. The number of nitrogens with one attached hydrogen (secondary N) is 1. The first kappa shape index (κ1) is 16.5. The van der Waals surface area contributed by atoms with E-state index >= 15 is 0 Å². The number of nitrogens with zero attached hydrogens (tertiary/aromatic N) is 1. The summed E-state index contributed by atoms with van der Waals surface area (Å²) in [5.74, 6) is 2.05. The Labute approximate surface area is 132 Å². The van der Waals surface area contributed by atoms with Gasteiger partial charge in [-0.1, -0.05) is 13.8 Å². The maximum absolute atomic E-state index is 12.2. The number of carbonyl (C=O) groups is 1. The summed E-state index contributed by atoms with van der Waals surface area (Å²) in [6.45, 7) is 6.39. The maximum atomic E-state index is 12.2. The molecule has 1 aromatic rings. The zero-order valence-corrected chi connectivity index (χ0v) is 13.9. The molecular formula is C17H26N2O3. The second-order valence-electron chi connectivity index (χ2n) is 6.06. The Morgan fingerprint density at radius 2 is 1.86 bits per heavy atom. The van der Waals surface area contributed by atoms with E-state index in [-0.39, 0.29) is 6.03 Å². The molecule has 0 fully saturated rings. The second-order valence-corrected chi connectivity index (χ2v) is 6.06. The minimum Gasteiger partial charge on any atom is -0.493 e. The van der Waals surface area contributed by atoms with Gasteiger partial charge >= 0.3 is 6.03 Å². The predicted octanol–water partition coefficient (Wildman–Crippen LogP) is 2.82. The van der Waals surface area contributed by atoms with Gasteiger partial charge in [-0.15, -0.1) is 0 Å². The summed E-state index contributed by atoms with van der Waals surface area (Å²) in [6, 6.07) is 4.00. The third-order valence-electron chi connectivity index (χ3n) is 4.00. The molecule has 0 spiro atoms. The first-order valence-corrected chi connectivity index (χ1v) is 7.81. The third kappa shape index (κ3) is 3.84. The van der Waals surface area contributed by atoms with E-state index in [9.17, 15) is 4.79 Å². The lowest BCUT2D eigenvalue weighted by atomic mass is 9.99.